The molecule has 0 fully saturated rings. The molecule has 366 valence electrons. The van der Waals surface area contributed by atoms with Crippen LogP contribution in [0, 0.1) is 0 Å². The summed E-state index contributed by atoms with van der Waals surface area (Å²) in [7, 11) is 0. The van der Waals surface area contributed by atoms with Crippen LogP contribution in [0.2, 0.25) is 0 Å². The summed E-state index contributed by atoms with van der Waals surface area (Å²) >= 11 is 0. The standard InChI is InChI=1S/C70H86/c1-9-15-18-20-22-28-44-70(45-29-23-21-19-16-10-2)64-47-51(35-39-58(64)59-41-37-53(49-65(59)70)69(8,42-12-4)43-17-11-3)50-34-38-56-57-40-36-52(68(7,13-5)14-6)48-63(57)67(62(56)46-50)66-60-32-26-24-30-54(60)55-31-25-27-33-61(55)66/h24-27,30-41,46-49H,9-23,28-29,42-45H2,1-8H3. The van der Waals surface area contributed by atoms with Gasteiger partial charge in [0.05, 0.1) is 0 Å². The minimum absolute atomic E-state index is 0.0169. The van der Waals surface area contributed by atoms with Crippen LogP contribution in [0.5, 0.6) is 0 Å². The highest BCUT2D eigenvalue weighted by molar-refractivity contribution is 6.19. The van der Waals surface area contributed by atoms with Crippen molar-refractivity contribution < 1.29 is 0 Å². The van der Waals surface area contributed by atoms with Gasteiger partial charge in [0.2, 0.25) is 0 Å². The summed E-state index contributed by atoms with van der Waals surface area (Å²) in [6.07, 6.45) is 27.0. The van der Waals surface area contributed by atoms with Gasteiger partial charge in [0, 0.05) is 5.41 Å². The molecule has 0 heterocycles. The van der Waals surface area contributed by atoms with Gasteiger partial charge in [-0.15, -0.1) is 0 Å². The van der Waals surface area contributed by atoms with Gasteiger partial charge in [-0.3, -0.25) is 0 Å². The Morgan fingerprint density at radius 2 is 0.757 bits per heavy atom. The molecule has 0 saturated heterocycles. The van der Waals surface area contributed by atoms with E-state index in [0.717, 1.165) is 12.8 Å². The molecule has 9 rings (SSSR count). The third-order valence-electron chi connectivity index (χ3n) is 18.2. The molecule has 0 N–H and O–H groups in total. The fourth-order valence-corrected chi connectivity index (χ4v) is 13.5. The normalized spacial score (nSPS) is 14.8. The van der Waals surface area contributed by atoms with Crippen LogP contribution >= 0.6 is 0 Å². The lowest BCUT2D eigenvalue weighted by Gasteiger charge is -2.35. The molecular formula is C70H86. The highest BCUT2D eigenvalue weighted by Crippen LogP contribution is 2.58. The van der Waals surface area contributed by atoms with Gasteiger partial charge in [-0.2, -0.15) is 0 Å². The van der Waals surface area contributed by atoms with Crippen molar-refractivity contribution in [3.63, 3.8) is 0 Å². The van der Waals surface area contributed by atoms with E-state index in [4.69, 9.17) is 0 Å². The SMILES string of the molecule is CCCCCCCCC1(CCCCCCCC)c2cc(-c3ccc4c(c3)C(=C3c5ccccc5-c5ccccc53)c3cc(C(C)(CC)CC)ccc3-4)ccc2-c2ccc(C(C)(CCC)CCCC)cc21. The lowest BCUT2D eigenvalue weighted by molar-refractivity contribution is 0.377. The number of benzene rings is 6. The average Bonchev–Trinajstić information content (AvgIpc) is 3.99. The first-order valence-corrected chi connectivity index (χ1v) is 28.7. The van der Waals surface area contributed by atoms with Crippen LogP contribution in [0.4, 0.5) is 0 Å². The Hall–Kier alpha value is -4.94. The number of hydrogen-bond acceptors (Lipinski definition) is 0. The molecule has 0 radical (unpaired) electrons. The number of hydrogen-bond donors (Lipinski definition) is 0. The molecule has 0 saturated carbocycles. The van der Waals surface area contributed by atoms with E-state index in [2.05, 4.69) is 177 Å². The predicted molar refractivity (Wildman–Crippen MR) is 306 cm³/mol. The van der Waals surface area contributed by atoms with Gasteiger partial charge in [0.15, 0.2) is 0 Å². The minimum atomic E-state index is 0.0169. The third-order valence-corrected chi connectivity index (χ3v) is 18.2. The average molecular weight is 927 g/mol. The van der Waals surface area contributed by atoms with Crippen LogP contribution < -0.4 is 0 Å². The van der Waals surface area contributed by atoms with Crippen LogP contribution in [-0.4, -0.2) is 0 Å². The molecular weight excluding hydrogens is 841 g/mol. The molecule has 0 amide bonds. The smallest absolute Gasteiger partial charge is 0.0215 e. The summed E-state index contributed by atoms with van der Waals surface area (Å²) < 4.78 is 0. The zero-order chi connectivity index (χ0) is 48.9. The Labute approximate surface area is 425 Å². The maximum atomic E-state index is 2.77. The molecule has 70 heavy (non-hydrogen) atoms. The first-order chi connectivity index (χ1) is 34.2. The van der Waals surface area contributed by atoms with Gasteiger partial charge in [-0.25, -0.2) is 0 Å². The summed E-state index contributed by atoms with van der Waals surface area (Å²) in [6, 6.07) is 49.0. The molecule has 0 bridgehead atoms. The van der Waals surface area contributed by atoms with Crippen molar-refractivity contribution in [2.24, 2.45) is 0 Å². The zero-order valence-corrected chi connectivity index (χ0v) is 44.9. The summed E-state index contributed by atoms with van der Waals surface area (Å²) in [5.41, 5.74) is 26.0. The molecule has 0 spiro atoms. The highest BCUT2D eigenvalue weighted by Gasteiger charge is 2.44. The van der Waals surface area contributed by atoms with Crippen LogP contribution in [0.15, 0.2) is 121 Å². The van der Waals surface area contributed by atoms with Gasteiger partial charge in [-0.05, 0) is 168 Å². The van der Waals surface area contributed by atoms with E-state index in [9.17, 15) is 0 Å². The van der Waals surface area contributed by atoms with Gasteiger partial charge >= 0.3 is 0 Å². The van der Waals surface area contributed by atoms with E-state index in [1.54, 1.807) is 16.7 Å². The Morgan fingerprint density at radius 1 is 0.329 bits per heavy atom. The van der Waals surface area contributed by atoms with E-state index in [1.807, 2.05) is 0 Å². The van der Waals surface area contributed by atoms with E-state index in [-0.39, 0.29) is 16.2 Å². The maximum Gasteiger partial charge on any atom is 0.0215 e. The van der Waals surface area contributed by atoms with Gasteiger partial charge in [-0.1, -0.05) is 255 Å². The summed E-state index contributed by atoms with van der Waals surface area (Å²) in [5.74, 6) is 0. The first kappa shape index (κ1) is 50.0. The maximum absolute atomic E-state index is 2.77. The zero-order valence-electron chi connectivity index (χ0n) is 44.9. The molecule has 0 aliphatic heterocycles. The fourth-order valence-electron chi connectivity index (χ4n) is 13.5. The predicted octanol–water partition coefficient (Wildman–Crippen LogP) is 21.4. The van der Waals surface area contributed by atoms with Crippen LogP contribution in [-0.2, 0) is 16.2 Å². The van der Waals surface area contributed by atoms with Crippen LogP contribution in [0.3, 0.4) is 0 Å². The largest absolute Gasteiger partial charge is 0.0654 e. The Balaban J connectivity index is 1.21. The Morgan fingerprint density at radius 3 is 1.31 bits per heavy atom. The van der Waals surface area contributed by atoms with Gasteiger partial charge < -0.3 is 0 Å². The van der Waals surface area contributed by atoms with Crippen molar-refractivity contribution in [1.82, 2.24) is 0 Å². The van der Waals surface area contributed by atoms with Crippen LogP contribution in [0.1, 0.15) is 235 Å². The monoisotopic (exact) mass is 927 g/mol. The second kappa shape index (κ2) is 21.8. The van der Waals surface area contributed by atoms with Crippen LogP contribution in [0.25, 0.3) is 55.7 Å². The molecule has 0 nitrogen and oxygen atoms in total. The second-order valence-electron chi connectivity index (χ2n) is 22.7. The lowest BCUT2D eigenvalue weighted by atomic mass is 9.68. The minimum Gasteiger partial charge on any atom is -0.0654 e. The molecule has 0 heteroatoms. The van der Waals surface area contributed by atoms with Crippen molar-refractivity contribution in [1.29, 1.82) is 0 Å². The number of rotatable bonds is 24. The van der Waals surface area contributed by atoms with Gasteiger partial charge in [0.25, 0.3) is 0 Å². The summed E-state index contributed by atoms with van der Waals surface area (Å²) in [5, 5.41) is 0. The van der Waals surface area contributed by atoms with E-state index in [1.165, 1.54) is 205 Å². The number of unbranched alkanes of at least 4 members (excludes halogenated alkanes) is 11. The first-order valence-electron chi connectivity index (χ1n) is 28.7. The van der Waals surface area contributed by atoms with E-state index in [0.29, 0.717) is 0 Å². The Bertz CT molecular complexity index is 2740. The highest BCUT2D eigenvalue weighted by atomic mass is 14.5. The molecule has 1 unspecified atom stereocenters. The third kappa shape index (κ3) is 9.25. The summed E-state index contributed by atoms with van der Waals surface area (Å²) in [6.45, 7) is 19.2. The molecule has 0 aromatic heterocycles. The van der Waals surface area contributed by atoms with E-state index >= 15 is 0 Å². The quantitative estimate of drug-likeness (QED) is 0.0530. The van der Waals surface area contributed by atoms with Gasteiger partial charge in [0.1, 0.15) is 0 Å². The van der Waals surface area contributed by atoms with Crippen molar-refractivity contribution in [3.8, 4) is 44.5 Å². The second-order valence-corrected chi connectivity index (χ2v) is 22.7. The molecule has 6 aromatic carbocycles. The fraction of sp³-hybridized carbons (Fsp3) is 0.457. The summed E-state index contributed by atoms with van der Waals surface area (Å²) in [4.78, 5) is 0. The topological polar surface area (TPSA) is 0 Å². The number of fused-ring (bicyclic) bond motifs is 9. The molecule has 3 aliphatic rings. The Kier molecular flexibility index (Phi) is 15.6. The van der Waals surface area contributed by atoms with Crippen molar-refractivity contribution in [2.75, 3.05) is 0 Å². The molecule has 1 atom stereocenters. The molecule has 6 aromatic rings. The molecule has 3 aliphatic carbocycles. The van der Waals surface area contributed by atoms with E-state index < -0.39 is 0 Å². The van der Waals surface area contributed by atoms with Crippen molar-refractivity contribution in [2.45, 2.75) is 206 Å². The van der Waals surface area contributed by atoms with Crippen molar-refractivity contribution >= 4 is 11.1 Å². The lowest BCUT2D eigenvalue weighted by Crippen LogP contribution is -2.27. The van der Waals surface area contributed by atoms with Crippen molar-refractivity contribution in [3.05, 3.63) is 166 Å².